The fraction of sp³-hybridized carbons (Fsp3) is 0.129. The van der Waals surface area contributed by atoms with Crippen LogP contribution in [0.5, 0.6) is 0 Å². The summed E-state index contributed by atoms with van der Waals surface area (Å²) in [5, 5.41) is 11.2. The fourth-order valence-electron chi connectivity index (χ4n) is 4.82. The number of ether oxygens (including phenoxy) is 1. The average molecular weight is 661 g/mol. The molecule has 43 heavy (non-hydrogen) atoms. The van der Waals surface area contributed by atoms with Crippen molar-refractivity contribution in [1.29, 1.82) is 0 Å². The number of carbonyl (C=O) groups is 1. The van der Waals surface area contributed by atoms with Crippen molar-refractivity contribution < 1.29 is 23.3 Å². The molecule has 0 radical (unpaired) electrons. The Bertz CT molecular complexity index is 2100. The van der Waals surface area contributed by atoms with Crippen molar-refractivity contribution in [2.75, 3.05) is 6.61 Å². The predicted octanol–water partition coefficient (Wildman–Crippen LogP) is 5.99. The van der Waals surface area contributed by atoms with Crippen LogP contribution in [0.2, 0.25) is 0 Å². The highest BCUT2D eigenvalue weighted by atomic mass is 79.9. The van der Waals surface area contributed by atoms with Crippen molar-refractivity contribution in [2.24, 2.45) is 4.99 Å². The van der Waals surface area contributed by atoms with Crippen LogP contribution >= 0.6 is 27.3 Å². The standard InChI is InChI=1S/C31H22BrN3O7S/c1-3-40-30(37)27-17(2)33-31-34(28(27)25-14-13-23(42-25)18-7-9-20(32)10-8-18)29(36)26(43-31)16-22-11-12-24(41-22)19-5-4-6-21(15-19)35(38)39/h4-16,28H,3H2,1-2H3/b26-16-/t28-/m1/s1. The zero-order valence-corrected chi connectivity index (χ0v) is 25.2. The van der Waals surface area contributed by atoms with Crippen LogP contribution in [0.3, 0.4) is 0 Å². The molecule has 6 rings (SSSR count). The quantitative estimate of drug-likeness (QED) is 0.119. The Balaban J connectivity index is 1.44. The molecule has 0 bridgehead atoms. The number of thiazole rings is 1. The summed E-state index contributed by atoms with van der Waals surface area (Å²) < 4.78 is 20.2. The van der Waals surface area contributed by atoms with Crippen LogP contribution in [0.15, 0.2) is 107 Å². The Labute approximate surface area is 256 Å². The Hall–Kier alpha value is -4.81. The summed E-state index contributed by atoms with van der Waals surface area (Å²) in [4.78, 5) is 42.7. The molecule has 0 saturated carbocycles. The van der Waals surface area contributed by atoms with Crippen molar-refractivity contribution in [3.05, 3.63) is 130 Å². The van der Waals surface area contributed by atoms with Crippen LogP contribution < -0.4 is 14.9 Å². The molecule has 216 valence electrons. The van der Waals surface area contributed by atoms with E-state index in [0.717, 1.165) is 21.4 Å². The molecule has 0 N–H and O–H groups in total. The van der Waals surface area contributed by atoms with E-state index in [2.05, 4.69) is 20.9 Å². The van der Waals surface area contributed by atoms with Gasteiger partial charge in [-0.25, -0.2) is 9.79 Å². The lowest BCUT2D eigenvalue weighted by Crippen LogP contribution is -2.39. The zero-order chi connectivity index (χ0) is 30.2. The van der Waals surface area contributed by atoms with Gasteiger partial charge in [0.2, 0.25) is 0 Å². The monoisotopic (exact) mass is 659 g/mol. The summed E-state index contributed by atoms with van der Waals surface area (Å²) in [6.45, 7) is 3.56. The lowest BCUT2D eigenvalue weighted by molar-refractivity contribution is -0.384. The number of fused-ring (bicyclic) bond motifs is 1. The van der Waals surface area contributed by atoms with E-state index < -0.39 is 22.5 Å². The number of allylic oxidation sites excluding steroid dienone is 1. The molecule has 4 heterocycles. The molecule has 0 spiro atoms. The molecule has 0 fully saturated rings. The van der Waals surface area contributed by atoms with Crippen LogP contribution in [0.1, 0.15) is 31.4 Å². The normalized spacial score (nSPS) is 14.9. The second-order valence-corrected chi connectivity index (χ2v) is 11.4. The van der Waals surface area contributed by atoms with Crippen LogP contribution in [0.4, 0.5) is 5.69 Å². The summed E-state index contributed by atoms with van der Waals surface area (Å²) in [5.74, 6) is 1.16. The molecule has 0 amide bonds. The van der Waals surface area contributed by atoms with E-state index >= 15 is 0 Å². The van der Waals surface area contributed by atoms with E-state index in [1.54, 1.807) is 56.3 Å². The van der Waals surface area contributed by atoms with Crippen molar-refractivity contribution in [3.8, 4) is 22.6 Å². The van der Waals surface area contributed by atoms with E-state index in [1.165, 1.54) is 16.7 Å². The number of hydrogen-bond acceptors (Lipinski definition) is 9. The minimum absolute atomic E-state index is 0.0576. The van der Waals surface area contributed by atoms with Crippen LogP contribution in [-0.2, 0) is 9.53 Å². The first-order valence-corrected chi connectivity index (χ1v) is 14.7. The summed E-state index contributed by atoms with van der Waals surface area (Å²) >= 11 is 4.58. The molecule has 5 aromatic rings. The fourth-order valence-corrected chi connectivity index (χ4v) is 6.11. The van der Waals surface area contributed by atoms with Gasteiger partial charge in [0, 0.05) is 33.8 Å². The lowest BCUT2D eigenvalue weighted by Gasteiger charge is -2.22. The third-order valence-electron chi connectivity index (χ3n) is 6.78. The maximum atomic E-state index is 13.9. The minimum atomic E-state index is -0.904. The summed E-state index contributed by atoms with van der Waals surface area (Å²) in [5.41, 5.74) is 1.55. The molecule has 12 heteroatoms. The predicted molar refractivity (Wildman–Crippen MR) is 163 cm³/mol. The van der Waals surface area contributed by atoms with Gasteiger partial charge in [-0.05, 0) is 50.2 Å². The molecule has 3 aromatic heterocycles. The SMILES string of the molecule is CCOC(=O)C1=C(C)N=c2s/c(=C\c3ccc(-c4cccc([N+](=O)[O-])c4)o3)c(=O)n2[C@@H]1c1ccc(-c2ccc(Br)cc2)o1. The minimum Gasteiger partial charge on any atom is -0.463 e. The number of nitro benzene ring substituents is 1. The first kappa shape index (κ1) is 28.3. The zero-order valence-electron chi connectivity index (χ0n) is 22.8. The molecular formula is C31H22BrN3O7S. The highest BCUT2D eigenvalue weighted by molar-refractivity contribution is 9.10. The van der Waals surface area contributed by atoms with Crippen LogP contribution in [0, 0.1) is 10.1 Å². The number of nitro groups is 1. The number of rotatable bonds is 7. The molecule has 0 aliphatic carbocycles. The summed E-state index contributed by atoms with van der Waals surface area (Å²) in [6.07, 6.45) is 1.58. The van der Waals surface area contributed by atoms with Gasteiger partial charge < -0.3 is 13.6 Å². The molecule has 1 aliphatic heterocycles. The van der Waals surface area contributed by atoms with Gasteiger partial charge >= 0.3 is 5.97 Å². The Kier molecular flexibility index (Phi) is 7.55. The van der Waals surface area contributed by atoms with Gasteiger partial charge in [0.1, 0.15) is 29.1 Å². The van der Waals surface area contributed by atoms with Crippen molar-refractivity contribution in [1.82, 2.24) is 4.57 Å². The van der Waals surface area contributed by atoms with E-state index in [1.807, 2.05) is 24.3 Å². The maximum Gasteiger partial charge on any atom is 0.338 e. The number of benzene rings is 2. The average Bonchev–Trinajstić information content (AvgIpc) is 3.73. The van der Waals surface area contributed by atoms with Crippen LogP contribution in [0.25, 0.3) is 28.7 Å². The molecule has 0 saturated heterocycles. The highest BCUT2D eigenvalue weighted by Gasteiger charge is 2.35. The van der Waals surface area contributed by atoms with E-state index in [-0.39, 0.29) is 17.9 Å². The van der Waals surface area contributed by atoms with Crippen molar-refractivity contribution in [2.45, 2.75) is 19.9 Å². The molecule has 10 nitrogen and oxygen atoms in total. The maximum absolute atomic E-state index is 13.9. The smallest absolute Gasteiger partial charge is 0.338 e. The molecule has 1 aliphatic rings. The Morgan fingerprint density at radius 1 is 1.09 bits per heavy atom. The van der Waals surface area contributed by atoms with E-state index in [0.29, 0.717) is 43.6 Å². The number of carbonyl (C=O) groups excluding carboxylic acids is 1. The van der Waals surface area contributed by atoms with Gasteiger partial charge in [0.15, 0.2) is 4.80 Å². The molecule has 2 aromatic carbocycles. The number of aromatic nitrogens is 1. The summed E-state index contributed by atoms with van der Waals surface area (Å²) in [7, 11) is 0. The van der Waals surface area contributed by atoms with Gasteiger partial charge in [-0.2, -0.15) is 0 Å². The first-order chi connectivity index (χ1) is 20.7. The lowest BCUT2D eigenvalue weighted by atomic mass is 10.0. The molecule has 1 atom stereocenters. The van der Waals surface area contributed by atoms with Gasteiger partial charge in [0.05, 0.1) is 27.3 Å². The topological polar surface area (TPSA) is 130 Å². The van der Waals surface area contributed by atoms with Gasteiger partial charge in [0.25, 0.3) is 11.2 Å². The Morgan fingerprint density at radius 3 is 2.58 bits per heavy atom. The number of nitrogens with zero attached hydrogens (tertiary/aromatic N) is 3. The number of furan rings is 2. The van der Waals surface area contributed by atoms with Crippen LogP contribution in [-0.4, -0.2) is 22.1 Å². The number of non-ortho nitro benzene ring substituents is 1. The number of esters is 1. The Morgan fingerprint density at radius 2 is 1.84 bits per heavy atom. The second-order valence-electron chi connectivity index (χ2n) is 9.52. The van der Waals surface area contributed by atoms with E-state index in [4.69, 9.17) is 13.6 Å². The molecular weight excluding hydrogens is 638 g/mol. The van der Waals surface area contributed by atoms with Gasteiger partial charge in [-0.3, -0.25) is 19.5 Å². The highest BCUT2D eigenvalue weighted by Crippen LogP contribution is 2.34. The third kappa shape index (κ3) is 5.42. The first-order valence-electron chi connectivity index (χ1n) is 13.1. The van der Waals surface area contributed by atoms with Gasteiger partial charge in [-0.1, -0.05) is 51.5 Å². The van der Waals surface area contributed by atoms with Gasteiger partial charge in [-0.15, -0.1) is 0 Å². The summed E-state index contributed by atoms with van der Waals surface area (Å²) in [6, 6.07) is 19.7. The van der Waals surface area contributed by atoms with Crippen molar-refractivity contribution >= 4 is 45.0 Å². The second kappa shape index (κ2) is 11.5. The number of halogens is 1. The van der Waals surface area contributed by atoms with Crippen molar-refractivity contribution in [3.63, 3.8) is 0 Å². The molecule has 0 unspecified atom stereocenters. The largest absolute Gasteiger partial charge is 0.463 e. The number of hydrogen-bond donors (Lipinski definition) is 0. The van der Waals surface area contributed by atoms with E-state index in [9.17, 15) is 19.7 Å². The third-order valence-corrected chi connectivity index (χ3v) is 8.30.